The van der Waals surface area contributed by atoms with Crippen LogP contribution < -0.4 is 5.32 Å². The number of methoxy groups -OCH3 is 1. The predicted octanol–water partition coefficient (Wildman–Crippen LogP) is 1.49. The van der Waals surface area contributed by atoms with Crippen molar-refractivity contribution < 1.29 is 4.74 Å². The summed E-state index contributed by atoms with van der Waals surface area (Å²) in [6.07, 6.45) is 3.98. The van der Waals surface area contributed by atoms with Gasteiger partial charge >= 0.3 is 0 Å². The molecule has 1 aliphatic heterocycles. The summed E-state index contributed by atoms with van der Waals surface area (Å²) >= 11 is 0. The zero-order valence-corrected chi connectivity index (χ0v) is 11.0. The molecule has 0 bridgehead atoms. The molecule has 1 saturated carbocycles. The minimum absolute atomic E-state index is 0.263. The maximum atomic E-state index is 5.14. The lowest BCUT2D eigenvalue weighted by Gasteiger charge is -2.30. The smallest absolute Gasteiger partial charge is 0.0474 e. The summed E-state index contributed by atoms with van der Waals surface area (Å²) in [4.78, 5) is 2.63. The van der Waals surface area contributed by atoms with Crippen molar-refractivity contribution in [3.8, 4) is 0 Å². The van der Waals surface area contributed by atoms with Crippen molar-refractivity contribution in [2.75, 3.05) is 39.9 Å². The molecular formula is C13H26N2O. The molecule has 0 amide bonds. The Hall–Kier alpha value is -0.120. The topological polar surface area (TPSA) is 24.5 Å². The van der Waals surface area contributed by atoms with E-state index in [0.29, 0.717) is 5.41 Å². The van der Waals surface area contributed by atoms with E-state index in [1.165, 1.54) is 39.0 Å². The van der Waals surface area contributed by atoms with E-state index in [4.69, 9.17) is 4.74 Å². The van der Waals surface area contributed by atoms with Crippen molar-refractivity contribution in [3.05, 3.63) is 0 Å². The lowest BCUT2D eigenvalue weighted by molar-refractivity contribution is 0.157. The number of rotatable bonds is 4. The Labute approximate surface area is 99.5 Å². The molecule has 2 rings (SSSR count). The van der Waals surface area contributed by atoms with Crippen molar-refractivity contribution in [2.24, 2.45) is 5.41 Å². The van der Waals surface area contributed by atoms with Crippen LogP contribution in [0.25, 0.3) is 0 Å². The molecule has 0 aromatic heterocycles. The van der Waals surface area contributed by atoms with Gasteiger partial charge in [0.25, 0.3) is 0 Å². The van der Waals surface area contributed by atoms with Crippen LogP contribution in [0.5, 0.6) is 0 Å². The molecule has 1 aliphatic carbocycles. The van der Waals surface area contributed by atoms with Gasteiger partial charge in [0.1, 0.15) is 0 Å². The van der Waals surface area contributed by atoms with E-state index in [0.717, 1.165) is 13.0 Å². The summed E-state index contributed by atoms with van der Waals surface area (Å²) in [6, 6.07) is 0. The van der Waals surface area contributed by atoms with E-state index < -0.39 is 0 Å². The van der Waals surface area contributed by atoms with Crippen molar-refractivity contribution in [1.29, 1.82) is 0 Å². The van der Waals surface area contributed by atoms with Crippen LogP contribution in [0.3, 0.4) is 0 Å². The molecule has 0 atom stereocenters. The third-order valence-electron chi connectivity index (χ3n) is 3.90. The first-order valence-electron chi connectivity index (χ1n) is 6.52. The van der Waals surface area contributed by atoms with E-state index >= 15 is 0 Å². The zero-order valence-electron chi connectivity index (χ0n) is 11.0. The third kappa shape index (κ3) is 3.19. The largest absolute Gasteiger partial charge is 0.385 e. The second kappa shape index (κ2) is 4.63. The first-order valence-corrected chi connectivity index (χ1v) is 6.52. The van der Waals surface area contributed by atoms with Crippen molar-refractivity contribution in [1.82, 2.24) is 10.2 Å². The lowest BCUT2D eigenvalue weighted by atomic mass is 10.1. The SMILES string of the molecule is COCCCN1CC2(CC2)CNC(C)(C)C1. The van der Waals surface area contributed by atoms with Gasteiger partial charge in [0.05, 0.1) is 0 Å². The number of hydrogen-bond donors (Lipinski definition) is 1. The van der Waals surface area contributed by atoms with Crippen LogP contribution >= 0.6 is 0 Å². The highest BCUT2D eigenvalue weighted by molar-refractivity contribution is 5.02. The van der Waals surface area contributed by atoms with Crippen LogP contribution in [0.4, 0.5) is 0 Å². The fourth-order valence-electron chi connectivity index (χ4n) is 2.73. The van der Waals surface area contributed by atoms with Gasteiger partial charge in [-0.05, 0) is 38.5 Å². The summed E-state index contributed by atoms with van der Waals surface area (Å²) in [7, 11) is 1.79. The predicted molar refractivity (Wildman–Crippen MR) is 66.7 cm³/mol. The molecule has 1 heterocycles. The molecule has 0 aromatic rings. The van der Waals surface area contributed by atoms with Gasteiger partial charge in [-0.25, -0.2) is 0 Å². The van der Waals surface area contributed by atoms with E-state index in [1.807, 2.05) is 0 Å². The van der Waals surface area contributed by atoms with E-state index in [-0.39, 0.29) is 5.54 Å². The lowest BCUT2D eigenvalue weighted by Crippen LogP contribution is -2.46. The van der Waals surface area contributed by atoms with Crippen LogP contribution in [-0.2, 0) is 4.74 Å². The Morgan fingerprint density at radius 3 is 2.62 bits per heavy atom. The fraction of sp³-hybridized carbons (Fsp3) is 1.00. The summed E-state index contributed by atoms with van der Waals surface area (Å²) in [5.41, 5.74) is 0.875. The van der Waals surface area contributed by atoms with Crippen molar-refractivity contribution in [2.45, 2.75) is 38.6 Å². The van der Waals surface area contributed by atoms with Gasteiger partial charge in [-0.15, -0.1) is 0 Å². The van der Waals surface area contributed by atoms with Gasteiger partial charge in [0.15, 0.2) is 0 Å². The van der Waals surface area contributed by atoms with Crippen LogP contribution in [0.15, 0.2) is 0 Å². The minimum atomic E-state index is 0.263. The standard InChI is InChI=1S/C13H26N2O/c1-12(2)10-15(7-4-8-16-3)11-13(5-6-13)9-14-12/h14H,4-11H2,1-3H3. The van der Waals surface area contributed by atoms with Gasteiger partial charge in [0.2, 0.25) is 0 Å². The summed E-state index contributed by atoms with van der Waals surface area (Å²) in [5, 5.41) is 3.72. The first-order chi connectivity index (χ1) is 7.55. The molecule has 16 heavy (non-hydrogen) atoms. The molecule has 3 nitrogen and oxygen atoms in total. The number of nitrogens with zero attached hydrogens (tertiary/aromatic N) is 1. The molecule has 1 spiro atoms. The molecule has 0 unspecified atom stereocenters. The van der Waals surface area contributed by atoms with Gasteiger partial charge < -0.3 is 15.0 Å². The third-order valence-corrected chi connectivity index (χ3v) is 3.90. The second-order valence-electron chi connectivity index (χ2n) is 6.29. The number of ether oxygens (including phenoxy) is 1. The fourth-order valence-corrected chi connectivity index (χ4v) is 2.73. The minimum Gasteiger partial charge on any atom is -0.385 e. The van der Waals surface area contributed by atoms with Crippen LogP contribution in [0.2, 0.25) is 0 Å². The second-order valence-corrected chi connectivity index (χ2v) is 6.29. The highest BCUT2D eigenvalue weighted by Gasteiger charge is 2.46. The molecule has 3 heteroatoms. The maximum absolute atomic E-state index is 5.14. The Kier molecular flexibility index (Phi) is 3.57. The summed E-state index contributed by atoms with van der Waals surface area (Å²) < 4.78 is 5.14. The van der Waals surface area contributed by atoms with Crippen molar-refractivity contribution >= 4 is 0 Å². The average molecular weight is 226 g/mol. The monoisotopic (exact) mass is 226 g/mol. The normalized spacial score (nSPS) is 27.9. The summed E-state index contributed by atoms with van der Waals surface area (Å²) in [5.74, 6) is 0. The maximum Gasteiger partial charge on any atom is 0.0474 e. The average Bonchev–Trinajstić information content (AvgIpc) is 2.96. The quantitative estimate of drug-likeness (QED) is 0.735. The Balaban J connectivity index is 1.88. The Bertz CT molecular complexity index is 228. The zero-order chi connectivity index (χ0) is 11.6. The first kappa shape index (κ1) is 12.3. The highest BCUT2D eigenvalue weighted by Crippen LogP contribution is 2.47. The van der Waals surface area contributed by atoms with Gasteiger partial charge in [-0.2, -0.15) is 0 Å². The molecule has 2 aliphatic rings. The van der Waals surface area contributed by atoms with Gasteiger partial charge in [0, 0.05) is 45.4 Å². The van der Waals surface area contributed by atoms with Gasteiger partial charge in [-0.3, -0.25) is 0 Å². The molecule has 2 fully saturated rings. The molecule has 94 valence electrons. The molecule has 0 aromatic carbocycles. The molecule has 0 radical (unpaired) electrons. The Morgan fingerprint density at radius 1 is 1.25 bits per heavy atom. The summed E-state index contributed by atoms with van der Waals surface area (Å²) in [6.45, 7) is 10.4. The molecule has 1 saturated heterocycles. The Morgan fingerprint density at radius 2 is 2.00 bits per heavy atom. The van der Waals surface area contributed by atoms with Gasteiger partial charge in [-0.1, -0.05) is 0 Å². The highest BCUT2D eigenvalue weighted by atomic mass is 16.5. The van der Waals surface area contributed by atoms with E-state index in [1.54, 1.807) is 7.11 Å². The molecular weight excluding hydrogens is 200 g/mol. The number of hydrogen-bond acceptors (Lipinski definition) is 3. The van der Waals surface area contributed by atoms with Crippen LogP contribution in [-0.4, -0.2) is 50.3 Å². The van der Waals surface area contributed by atoms with Crippen LogP contribution in [0, 0.1) is 5.41 Å². The van der Waals surface area contributed by atoms with E-state index in [2.05, 4.69) is 24.1 Å². The van der Waals surface area contributed by atoms with E-state index in [9.17, 15) is 0 Å². The van der Waals surface area contributed by atoms with Crippen LogP contribution in [0.1, 0.15) is 33.1 Å². The van der Waals surface area contributed by atoms with Crippen molar-refractivity contribution in [3.63, 3.8) is 0 Å². The number of nitrogens with one attached hydrogen (secondary N) is 1. The molecule has 1 N–H and O–H groups in total.